The second-order valence-electron chi connectivity index (χ2n) is 5.65. The first-order valence-electron chi connectivity index (χ1n) is 7.13. The fourth-order valence-corrected chi connectivity index (χ4v) is 3.04. The van der Waals surface area contributed by atoms with Gasteiger partial charge in [-0.25, -0.2) is 0 Å². The van der Waals surface area contributed by atoms with E-state index in [1.54, 1.807) is 0 Å². The summed E-state index contributed by atoms with van der Waals surface area (Å²) >= 11 is 0. The van der Waals surface area contributed by atoms with Crippen LogP contribution < -0.4 is 24.8 Å². The molecule has 2 aliphatic carbocycles. The molecule has 1 atom stereocenters. The van der Waals surface area contributed by atoms with Gasteiger partial charge < -0.3 is 30.1 Å². The molecule has 0 aromatic heterocycles. The fraction of sp³-hybridized carbons (Fsp3) is 0.647. The SMILES string of the molecule is C=C.CC1=CC(C)([N-]C2CCCCC2)C(C)=C1C.[Cl-].[Cl-].[Ti+3]. The summed E-state index contributed by atoms with van der Waals surface area (Å²) in [5.74, 6) is 0. The second-order valence-corrected chi connectivity index (χ2v) is 5.65. The quantitative estimate of drug-likeness (QED) is 0.465. The largest absolute Gasteiger partial charge is 3.00 e. The topological polar surface area (TPSA) is 14.1 Å². The average molecular weight is 365 g/mol. The molecule has 0 spiro atoms. The number of halogens is 2. The minimum Gasteiger partial charge on any atom is -1.00 e. The first-order valence-corrected chi connectivity index (χ1v) is 7.13. The fourth-order valence-electron chi connectivity index (χ4n) is 3.04. The van der Waals surface area contributed by atoms with Crippen LogP contribution in [0.2, 0.25) is 0 Å². The van der Waals surface area contributed by atoms with Crippen molar-refractivity contribution in [2.45, 2.75) is 71.4 Å². The van der Waals surface area contributed by atoms with E-state index in [0.29, 0.717) is 6.04 Å². The summed E-state index contributed by atoms with van der Waals surface area (Å²) < 4.78 is 0. The van der Waals surface area contributed by atoms with Crippen molar-refractivity contribution in [1.29, 1.82) is 0 Å². The maximum atomic E-state index is 5.11. The molecule has 1 unspecified atom stereocenters. The summed E-state index contributed by atoms with van der Waals surface area (Å²) in [7, 11) is 0. The molecule has 0 heterocycles. The summed E-state index contributed by atoms with van der Waals surface area (Å²) in [5.41, 5.74) is 4.31. The van der Waals surface area contributed by atoms with Gasteiger partial charge in [0, 0.05) is 0 Å². The zero-order valence-corrected chi connectivity index (χ0v) is 16.9. The number of nitrogens with zero attached hydrogens (tertiary/aromatic N) is 1. The Morgan fingerprint density at radius 2 is 1.52 bits per heavy atom. The monoisotopic (exact) mass is 364 g/mol. The molecule has 119 valence electrons. The van der Waals surface area contributed by atoms with E-state index in [-0.39, 0.29) is 52.1 Å². The van der Waals surface area contributed by atoms with Crippen LogP contribution in [-0.2, 0) is 21.7 Å². The molecule has 2 aliphatic rings. The Morgan fingerprint density at radius 1 is 1.05 bits per heavy atom. The van der Waals surface area contributed by atoms with Crippen LogP contribution in [0.25, 0.3) is 5.32 Å². The molecule has 1 saturated carbocycles. The Morgan fingerprint density at radius 3 is 1.90 bits per heavy atom. The van der Waals surface area contributed by atoms with Gasteiger partial charge in [0.25, 0.3) is 0 Å². The van der Waals surface area contributed by atoms with Gasteiger partial charge >= 0.3 is 21.7 Å². The zero-order chi connectivity index (χ0) is 13.8. The molecule has 0 aromatic rings. The maximum Gasteiger partial charge on any atom is 3.00 e. The number of hydrogen-bond donors (Lipinski definition) is 0. The normalized spacial score (nSPS) is 24.7. The van der Waals surface area contributed by atoms with Gasteiger partial charge in [-0.15, -0.1) is 19.2 Å². The Kier molecular flexibility index (Phi) is 15.0. The molecule has 2 rings (SSSR count). The Hall–Kier alpha value is 0.474. The average Bonchev–Trinajstić information content (AvgIpc) is 2.57. The van der Waals surface area contributed by atoms with Crippen molar-refractivity contribution in [1.82, 2.24) is 0 Å². The molecular formula is C17H28Cl2NTi. The van der Waals surface area contributed by atoms with E-state index in [1.165, 1.54) is 48.8 Å². The van der Waals surface area contributed by atoms with E-state index in [9.17, 15) is 0 Å². The van der Waals surface area contributed by atoms with E-state index >= 15 is 0 Å². The van der Waals surface area contributed by atoms with Crippen molar-refractivity contribution in [3.8, 4) is 0 Å². The van der Waals surface area contributed by atoms with Gasteiger partial charge in [0.15, 0.2) is 0 Å². The van der Waals surface area contributed by atoms with Crippen molar-refractivity contribution >= 4 is 0 Å². The van der Waals surface area contributed by atoms with Crippen molar-refractivity contribution in [3.05, 3.63) is 41.3 Å². The van der Waals surface area contributed by atoms with Crippen molar-refractivity contribution < 1.29 is 46.5 Å². The molecule has 0 amide bonds. The molecule has 0 aromatic carbocycles. The predicted molar refractivity (Wildman–Crippen MR) is 82.0 cm³/mol. The molecule has 1 fully saturated rings. The van der Waals surface area contributed by atoms with E-state index in [0.717, 1.165) is 0 Å². The van der Waals surface area contributed by atoms with Crippen LogP contribution in [0.15, 0.2) is 36.0 Å². The van der Waals surface area contributed by atoms with E-state index in [2.05, 4.69) is 46.9 Å². The van der Waals surface area contributed by atoms with Crippen LogP contribution in [-0.4, -0.2) is 11.6 Å². The molecule has 0 N–H and O–H groups in total. The molecule has 0 aliphatic heterocycles. The van der Waals surface area contributed by atoms with Gasteiger partial charge in [0.05, 0.1) is 0 Å². The molecule has 1 radical (unpaired) electrons. The standard InChI is InChI=1S/C15H24N.C2H4.2ClH.Ti/c1-11-10-15(4,13(3)12(11)2)16-14-8-6-5-7-9-14;1-2;;;/h10,14H,5-9H2,1-4H3;1-2H2;2*1H;/q-1;;;;+3/p-2. The van der Waals surface area contributed by atoms with Crippen LogP contribution >= 0.6 is 0 Å². The van der Waals surface area contributed by atoms with E-state index in [1.807, 2.05) is 0 Å². The third-order valence-corrected chi connectivity index (χ3v) is 4.44. The van der Waals surface area contributed by atoms with Gasteiger partial charge in [-0.1, -0.05) is 67.4 Å². The van der Waals surface area contributed by atoms with E-state index < -0.39 is 0 Å². The number of allylic oxidation sites excluding steroid dienone is 2. The molecular weight excluding hydrogens is 337 g/mol. The zero-order valence-electron chi connectivity index (χ0n) is 13.8. The van der Waals surface area contributed by atoms with Crippen LogP contribution in [0.5, 0.6) is 0 Å². The predicted octanol–water partition coefficient (Wildman–Crippen LogP) is -0.444. The van der Waals surface area contributed by atoms with Crippen molar-refractivity contribution in [2.75, 3.05) is 0 Å². The first kappa shape index (κ1) is 26.4. The third kappa shape index (κ3) is 6.63. The Balaban J connectivity index is -0.000000621. The summed E-state index contributed by atoms with van der Waals surface area (Å²) in [6, 6.07) is 0.601. The van der Waals surface area contributed by atoms with E-state index in [4.69, 9.17) is 5.32 Å². The number of rotatable bonds is 2. The molecule has 4 heteroatoms. The minimum atomic E-state index is -0.00380. The van der Waals surface area contributed by atoms with Gasteiger partial charge in [0.1, 0.15) is 0 Å². The Bertz CT molecular complexity index is 360. The van der Waals surface area contributed by atoms with Crippen molar-refractivity contribution in [2.24, 2.45) is 0 Å². The van der Waals surface area contributed by atoms with Crippen LogP contribution in [0.1, 0.15) is 59.8 Å². The third-order valence-electron chi connectivity index (χ3n) is 4.44. The molecule has 0 saturated heterocycles. The Labute approximate surface area is 158 Å². The van der Waals surface area contributed by atoms with Crippen LogP contribution in [0, 0.1) is 0 Å². The smallest absolute Gasteiger partial charge is 1.00 e. The summed E-state index contributed by atoms with van der Waals surface area (Å²) in [6.45, 7) is 15.0. The van der Waals surface area contributed by atoms with Crippen LogP contribution in [0.4, 0.5) is 0 Å². The summed E-state index contributed by atoms with van der Waals surface area (Å²) in [4.78, 5) is 0. The first-order chi connectivity index (χ1) is 8.53. The minimum absolute atomic E-state index is 0. The summed E-state index contributed by atoms with van der Waals surface area (Å²) in [5, 5.41) is 5.11. The number of hydrogen-bond acceptors (Lipinski definition) is 0. The van der Waals surface area contributed by atoms with Gasteiger partial charge in [-0.05, 0) is 20.8 Å². The molecule has 1 nitrogen and oxygen atoms in total. The van der Waals surface area contributed by atoms with Crippen molar-refractivity contribution in [3.63, 3.8) is 0 Å². The van der Waals surface area contributed by atoms with Gasteiger partial charge in [-0.2, -0.15) is 0 Å². The van der Waals surface area contributed by atoms with Gasteiger partial charge in [-0.3, -0.25) is 0 Å². The molecule has 21 heavy (non-hydrogen) atoms. The maximum absolute atomic E-state index is 5.11. The molecule has 0 bridgehead atoms. The summed E-state index contributed by atoms with van der Waals surface area (Å²) in [6.07, 6.45) is 9.10. The second kappa shape index (κ2) is 12.0. The van der Waals surface area contributed by atoms with Gasteiger partial charge in [0.2, 0.25) is 0 Å². The van der Waals surface area contributed by atoms with Crippen LogP contribution in [0.3, 0.4) is 0 Å².